The molecule has 0 spiro atoms. The summed E-state index contributed by atoms with van der Waals surface area (Å²) in [5, 5.41) is 13.0. The molecule has 8 heteroatoms. The first-order valence-electron chi connectivity index (χ1n) is 9.42. The average Bonchev–Trinajstić information content (AvgIpc) is 2.75. The molecule has 0 heterocycles. The molecular formula is C22H26N2O6. The van der Waals surface area contributed by atoms with Gasteiger partial charge in [-0.1, -0.05) is 49.4 Å². The molecule has 0 unspecified atom stereocenters. The molecule has 0 fully saturated rings. The van der Waals surface area contributed by atoms with Crippen LogP contribution < -0.4 is 5.32 Å². The van der Waals surface area contributed by atoms with E-state index < -0.39 is 18.0 Å². The summed E-state index contributed by atoms with van der Waals surface area (Å²) in [6.07, 6.45) is -0.733. The molecule has 1 atom stereocenters. The number of nitrogens with zero attached hydrogens (tertiary/aromatic N) is 1. The molecule has 0 aliphatic rings. The Hall–Kier alpha value is -3.55. The lowest BCUT2D eigenvalue weighted by Crippen LogP contribution is -2.32. The monoisotopic (exact) mass is 414 g/mol. The molecule has 0 aliphatic carbocycles. The van der Waals surface area contributed by atoms with Gasteiger partial charge in [-0.05, 0) is 11.6 Å². The number of anilines is 1. The molecule has 2 aromatic rings. The van der Waals surface area contributed by atoms with Crippen LogP contribution in [0.3, 0.4) is 0 Å². The van der Waals surface area contributed by atoms with Crippen molar-refractivity contribution >= 4 is 23.7 Å². The average molecular weight is 414 g/mol. The predicted molar refractivity (Wildman–Crippen MR) is 111 cm³/mol. The molecule has 30 heavy (non-hydrogen) atoms. The second-order valence-corrected chi connectivity index (χ2v) is 6.88. The number of methoxy groups -OCH3 is 1. The fourth-order valence-electron chi connectivity index (χ4n) is 2.82. The number of benzene rings is 2. The van der Waals surface area contributed by atoms with Crippen molar-refractivity contribution in [3.05, 3.63) is 59.7 Å². The Morgan fingerprint density at radius 1 is 1.10 bits per heavy atom. The highest BCUT2D eigenvalue weighted by atomic mass is 16.5. The summed E-state index contributed by atoms with van der Waals surface area (Å²) in [5.41, 5.74) is 1.46. The number of carbonyl (C=O) groups is 3. The standard InChI is InChI=1S/C22H26N2O6/c1-15(12-19(25)29-3)21(27)24(2)13-17-10-7-11-18(20(17)26)23-22(28)30-14-16-8-5-4-6-9-16/h4-11,15,26H,12-14H2,1-3H3,(H,23,28)/t15-/m0/s1. The SMILES string of the molecule is COC(=O)C[C@H](C)C(=O)N(C)Cc1cccc(NC(=O)OCc2ccccc2)c1O. The number of phenols is 1. The summed E-state index contributed by atoms with van der Waals surface area (Å²) in [6, 6.07) is 14.0. The number of hydrogen-bond donors (Lipinski definition) is 2. The molecule has 0 aliphatic heterocycles. The van der Waals surface area contributed by atoms with E-state index in [1.807, 2.05) is 30.3 Å². The number of esters is 1. The maximum Gasteiger partial charge on any atom is 0.412 e. The number of para-hydroxylation sites is 1. The number of ether oxygens (including phenoxy) is 2. The second kappa shape index (κ2) is 10.8. The highest BCUT2D eigenvalue weighted by Gasteiger charge is 2.22. The lowest BCUT2D eigenvalue weighted by atomic mass is 10.1. The zero-order chi connectivity index (χ0) is 22.1. The van der Waals surface area contributed by atoms with E-state index in [2.05, 4.69) is 10.1 Å². The van der Waals surface area contributed by atoms with Crippen LogP contribution in [0.15, 0.2) is 48.5 Å². The molecule has 0 saturated heterocycles. The lowest BCUT2D eigenvalue weighted by Gasteiger charge is -2.22. The van der Waals surface area contributed by atoms with Gasteiger partial charge in [0.1, 0.15) is 12.4 Å². The van der Waals surface area contributed by atoms with Gasteiger partial charge in [-0.2, -0.15) is 0 Å². The highest BCUT2D eigenvalue weighted by molar-refractivity contribution is 5.87. The Labute approximate surface area is 175 Å². The lowest BCUT2D eigenvalue weighted by molar-refractivity contribution is -0.146. The van der Waals surface area contributed by atoms with E-state index in [1.54, 1.807) is 26.1 Å². The summed E-state index contributed by atoms with van der Waals surface area (Å²) < 4.78 is 9.74. The molecule has 2 N–H and O–H groups in total. The molecule has 2 rings (SSSR count). The number of carbonyl (C=O) groups excluding carboxylic acids is 3. The Morgan fingerprint density at radius 3 is 2.47 bits per heavy atom. The van der Waals surface area contributed by atoms with E-state index >= 15 is 0 Å². The van der Waals surface area contributed by atoms with Gasteiger partial charge >= 0.3 is 12.1 Å². The molecule has 160 valence electrons. The third-order valence-corrected chi connectivity index (χ3v) is 4.47. The maximum atomic E-state index is 12.4. The van der Waals surface area contributed by atoms with E-state index in [9.17, 15) is 19.5 Å². The number of rotatable bonds is 8. The number of phenolic OH excluding ortho intramolecular Hbond substituents is 1. The van der Waals surface area contributed by atoms with Gasteiger partial charge in [0, 0.05) is 25.1 Å². The molecule has 0 aromatic heterocycles. The van der Waals surface area contributed by atoms with Gasteiger partial charge < -0.3 is 19.5 Å². The van der Waals surface area contributed by atoms with E-state index in [-0.39, 0.29) is 36.9 Å². The van der Waals surface area contributed by atoms with Crippen LogP contribution >= 0.6 is 0 Å². The molecule has 0 saturated carbocycles. The van der Waals surface area contributed by atoms with Crippen molar-refractivity contribution in [3.8, 4) is 5.75 Å². The van der Waals surface area contributed by atoms with Crippen molar-refractivity contribution in [1.29, 1.82) is 0 Å². The van der Waals surface area contributed by atoms with Crippen LogP contribution in [0.2, 0.25) is 0 Å². The molecular weight excluding hydrogens is 388 g/mol. The summed E-state index contributed by atoms with van der Waals surface area (Å²) in [6.45, 7) is 1.84. The molecule has 0 radical (unpaired) electrons. The number of aromatic hydroxyl groups is 1. The van der Waals surface area contributed by atoms with Crippen molar-refractivity contribution in [2.45, 2.75) is 26.5 Å². The van der Waals surface area contributed by atoms with Crippen LogP contribution in [-0.2, 0) is 32.2 Å². The van der Waals surface area contributed by atoms with Crippen molar-refractivity contribution in [3.63, 3.8) is 0 Å². The first-order valence-corrected chi connectivity index (χ1v) is 9.42. The fourth-order valence-corrected chi connectivity index (χ4v) is 2.82. The van der Waals surface area contributed by atoms with Crippen LogP contribution in [0.5, 0.6) is 5.75 Å². The second-order valence-electron chi connectivity index (χ2n) is 6.88. The van der Waals surface area contributed by atoms with Crippen LogP contribution in [0.25, 0.3) is 0 Å². The first kappa shape index (κ1) is 22.7. The Bertz CT molecular complexity index is 884. The zero-order valence-electron chi connectivity index (χ0n) is 17.3. The normalized spacial score (nSPS) is 11.3. The van der Waals surface area contributed by atoms with Crippen LogP contribution in [0, 0.1) is 5.92 Å². The molecule has 8 nitrogen and oxygen atoms in total. The Morgan fingerprint density at radius 2 is 1.80 bits per heavy atom. The van der Waals surface area contributed by atoms with Gasteiger partial charge in [0.2, 0.25) is 5.91 Å². The molecule has 2 amide bonds. The van der Waals surface area contributed by atoms with Gasteiger partial charge in [0.05, 0.1) is 19.2 Å². The number of amides is 2. The van der Waals surface area contributed by atoms with Crippen LogP contribution in [0.1, 0.15) is 24.5 Å². The topological polar surface area (TPSA) is 105 Å². The minimum absolute atomic E-state index is 0.0273. The van der Waals surface area contributed by atoms with E-state index in [1.165, 1.54) is 18.1 Å². The third-order valence-electron chi connectivity index (χ3n) is 4.47. The van der Waals surface area contributed by atoms with Crippen molar-refractivity contribution in [2.24, 2.45) is 5.92 Å². The van der Waals surface area contributed by atoms with Crippen molar-refractivity contribution < 1.29 is 29.0 Å². The summed E-state index contributed by atoms with van der Waals surface area (Å²) >= 11 is 0. The number of hydrogen-bond acceptors (Lipinski definition) is 6. The summed E-state index contributed by atoms with van der Waals surface area (Å²) in [7, 11) is 2.84. The Kier molecular flexibility index (Phi) is 8.22. The van der Waals surface area contributed by atoms with Crippen molar-refractivity contribution in [2.75, 3.05) is 19.5 Å². The van der Waals surface area contributed by atoms with E-state index in [0.29, 0.717) is 5.56 Å². The van der Waals surface area contributed by atoms with Gasteiger partial charge in [0.25, 0.3) is 0 Å². The number of nitrogens with one attached hydrogen (secondary N) is 1. The van der Waals surface area contributed by atoms with Gasteiger partial charge in [-0.25, -0.2) is 4.79 Å². The van der Waals surface area contributed by atoms with E-state index in [0.717, 1.165) is 5.56 Å². The third kappa shape index (κ3) is 6.51. The zero-order valence-corrected chi connectivity index (χ0v) is 17.3. The van der Waals surface area contributed by atoms with E-state index in [4.69, 9.17) is 4.74 Å². The minimum Gasteiger partial charge on any atom is -0.505 e. The largest absolute Gasteiger partial charge is 0.505 e. The first-order chi connectivity index (χ1) is 14.3. The van der Waals surface area contributed by atoms with Crippen LogP contribution in [0.4, 0.5) is 10.5 Å². The van der Waals surface area contributed by atoms with Crippen molar-refractivity contribution in [1.82, 2.24) is 4.90 Å². The predicted octanol–water partition coefficient (Wildman–Crippen LogP) is 3.30. The molecule has 2 aromatic carbocycles. The minimum atomic E-state index is -0.706. The summed E-state index contributed by atoms with van der Waals surface area (Å²) in [5.74, 6) is -1.44. The quantitative estimate of drug-likeness (QED) is 0.507. The van der Waals surface area contributed by atoms with Gasteiger partial charge in [-0.3, -0.25) is 14.9 Å². The van der Waals surface area contributed by atoms with Gasteiger partial charge in [-0.15, -0.1) is 0 Å². The smallest absolute Gasteiger partial charge is 0.412 e. The highest BCUT2D eigenvalue weighted by Crippen LogP contribution is 2.29. The molecule has 0 bridgehead atoms. The fraction of sp³-hybridized carbons (Fsp3) is 0.318. The van der Waals surface area contributed by atoms with Crippen LogP contribution in [-0.4, -0.2) is 42.1 Å². The van der Waals surface area contributed by atoms with Gasteiger partial charge in [0.15, 0.2) is 0 Å². The maximum absolute atomic E-state index is 12.4. The Balaban J connectivity index is 1.97. The summed E-state index contributed by atoms with van der Waals surface area (Å²) in [4.78, 5) is 37.3.